The van der Waals surface area contributed by atoms with Crippen LogP contribution in [0.3, 0.4) is 0 Å². The average Bonchev–Trinajstić information content (AvgIpc) is 2.45. The van der Waals surface area contributed by atoms with Crippen molar-refractivity contribution in [1.82, 2.24) is 5.32 Å². The largest absolute Gasteiger partial charge is 0.319 e. The normalized spacial score (nSPS) is 12.4. The SMILES string of the molecule is CNCC(Cc1ccccc1Br)Cc1c(F)cccc1F. The summed E-state index contributed by atoms with van der Waals surface area (Å²) in [6, 6.07) is 12.0. The van der Waals surface area contributed by atoms with Crippen LogP contribution in [0.2, 0.25) is 0 Å². The smallest absolute Gasteiger partial charge is 0.129 e. The predicted octanol–water partition coefficient (Wildman–Crippen LogP) is 4.35. The molecule has 0 fully saturated rings. The van der Waals surface area contributed by atoms with Crippen LogP contribution in [-0.2, 0) is 12.8 Å². The molecule has 0 amide bonds. The molecule has 0 aromatic heterocycles. The summed E-state index contributed by atoms with van der Waals surface area (Å²) in [4.78, 5) is 0. The van der Waals surface area contributed by atoms with Crippen LogP contribution >= 0.6 is 15.9 Å². The molecule has 1 nitrogen and oxygen atoms in total. The monoisotopic (exact) mass is 353 g/mol. The molecule has 2 aromatic rings. The highest BCUT2D eigenvalue weighted by Gasteiger charge is 2.17. The maximum atomic E-state index is 13.8. The minimum atomic E-state index is -0.469. The van der Waals surface area contributed by atoms with Gasteiger partial charge in [-0.2, -0.15) is 0 Å². The first kappa shape index (κ1) is 16.1. The standard InChI is InChI=1S/C17H18BrF2N/c1-21-11-12(9-13-5-2-3-6-15(13)18)10-14-16(19)7-4-8-17(14)20/h2-8,12,21H,9-11H2,1H3. The van der Waals surface area contributed by atoms with Gasteiger partial charge in [0.25, 0.3) is 0 Å². The van der Waals surface area contributed by atoms with Gasteiger partial charge >= 0.3 is 0 Å². The molecule has 112 valence electrons. The molecule has 0 spiro atoms. The van der Waals surface area contributed by atoms with E-state index in [1.165, 1.54) is 18.2 Å². The molecule has 0 aliphatic rings. The maximum absolute atomic E-state index is 13.8. The molecule has 1 N–H and O–H groups in total. The summed E-state index contributed by atoms with van der Waals surface area (Å²) < 4.78 is 28.6. The lowest BCUT2D eigenvalue weighted by atomic mass is 9.92. The Morgan fingerprint density at radius 3 is 2.29 bits per heavy atom. The van der Waals surface area contributed by atoms with Gasteiger partial charge in [-0.25, -0.2) is 8.78 Å². The summed E-state index contributed by atoms with van der Waals surface area (Å²) in [6.07, 6.45) is 1.14. The van der Waals surface area contributed by atoms with Crippen LogP contribution in [0.4, 0.5) is 8.78 Å². The Labute approximate surface area is 132 Å². The van der Waals surface area contributed by atoms with E-state index in [2.05, 4.69) is 21.2 Å². The van der Waals surface area contributed by atoms with E-state index in [0.717, 1.165) is 16.5 Å². The summed E-state index contributed by atoms with van der Waals surface area (Å²) in [5, 5.41) is 3.11. The molecule has 0 saturated carbocycles. The van der Waals surface area contributed by atoms with Gasteiger partial charge in [-0.05, 0) is 56.1 Å². The van der Waals surface area contributed by atoms with Crippen molar-refractivity contribution in [3.8, 4) is 0 Å². The van der Waals surface area contributed by atoms with Crippen LogP contribution in [0, 0.1) is 17.6 Å². The van der Waals surface area contributed by atoms with Gasteiger partial charge in [0, 0.05) is 10.0 Å². The highest BCUT2D eigenvalue weighted by atomic mass is 79.9. The van der Waals surface area contributed by atoms with Crippen molar-refractivity contribution >= 4 is 15.9 Å². The molecular formula is C17H18BrF2N. The second-order valence-corrected chi connectivity index (χ2v) is 5.98. The Balaban J connectivity index is 2.18. The first-order valence-electron chi connectivity index (χ1n) is 6.92. The van der Waals surface area contributed by atoms with Gasteiger partial charge in [0.15, 0.2) is 0 Å². The molecule has 1 atom stereocenters. The summed E-state index contributed by atoms with van der Waals surface area (Å²) in [6.45, 7) is 0.703. The molecule has 0 saturated heterocycles. The topological polar surface area (TPSA) is 12.0 Å². The Morgan fingerprint density at radius 2 is 1.67 bits per heavy atom. The molecule has 0 bridgehead atoms. The first-order chi connectivity index (χ1) is 10.1. The van der Waals surface area contributed by atoms with E-state index in [0.29, 0.717) is 13.0 Å². The molecule has 2 rings (SSSR count). The fourth-order valence-corrected chi connectivity index (χ4v) is 2.94. The third-order valence-corrected chi connectivity index (χ3v) is 4.29. The van der Waals surface area contributed by atoms with Gasteiger partial charge in [-0.3, -0.25) is 0 Å². The summed E-state index contributed by atoms with van der Waals surface area (Å²) in [5.41, 5.74) is 1.32. The number of benzene rings is 2. The van der Waals surface area contributed by atoms with Crippen molar-refractivity contribution in [3.63, 3.8) is 0 Å². The van der Waals surface area contributed by atoms with Crippen LogP contribution < -0.4 is 5.32 Å². The first-order valence-corrected chi connectivity index (χ1v) is 7.72. The molecule has 4 heteroatoms. The van der Waals surface area contributed by atoms with Crippen LogP contribution in [0.25, 0.3) is 0 Å². The predicted molar refractivity (Wildman–Crippen MR) is 85.3 cm³/mol. The Hall–Kier alpha value is -1.26. The average molecular weight is 354 g/mol. The fraction of sp³-hybridized carbons (Fsp3) is 0.294. The lowest BCUT2D eigenvalue weighted by molar-refractivity contribution is 0.461. The lowest BCUT2D eigenvalue weighted by Gasteiger charge is -2.18. The molecule has 0 aliphatic heterocycles. The van der Waals surface area contributed by atoms with Crippen molar-refractivity contribution in [3.05, 3.63) is 69.7 Å². The zero-order valence-corrected chi connectivity index (χ0v) is 13.5. The fourth-order valence-electron chi connectivity index (χ4n) is 2.50. The van der Waals surface area contributed by atoms with Crippen molar-refractivity contribution in [2.45, 2.75) is 12.8 Å². The number of hydrogen-bond acceptors (Lipinski definition) is 1. The van der Waals surface area contributed by atoms with E-state index in [1.54, 1.807) is 0 Å². The number of rotatable bonds is 6. The van der Waals surface area contributed by atoms with Crippen molar-refractivity contribution in [1.29, 1.82) is 0 Å². The highest BCUT2D eigenvalue weighted by molar-refractivity contribution is 9.10. The second kappa shape index (κ2) is 7.66. The molecule has 2 aromatic carbocycles. The van der Waals surface area contributed by atoms with Gasteiger partial charge < -0.3 is 5.32 Å². The second-order valence-electron chi connectivity index (χ2n) is 5.12. The van der Waals surface area contributed by atoms with E-state index in [1.807, 2.05) is 31.3 Å². The molecule has 1 unspecified atom stereocenters. The van der Waals surface area contributed by atoms with E-state index in [-0.39, 0.29) is 11.5 Å². The van der Waals surface area contributed by atoms with Crippen LogP contribution in [-0.4, -0.2) is 13.6 Å². The van der Waals surface area contributed by atoms with Gasteiger partial charge in [-0.15, -0.1) is 0 Å². The van der Waals surface area contributed by atoms with E-state index in [4.69, 9.17) is 0 Å². The highest BCUT2D eigenvalue weighted by Crippen LogP contribution is 2.23. The molecule has 0 radical (unpaired) electrons. The number of halogens is 3. The van der Waals surface area contributed by atoms with Crippen molar-refractivity contribution in [2.75, 3.05) is 13.6 Å². The van der Waals surface area contributed by atoms with Crippen LogP contribution in [0.15, 0.2) is 46.9 Å². The molecule has 0 aliphatic carbocycles. The summed E-state index contributed by atoms with van der Waals surface area (Å²) in [7, 11) is 1.85. The zero-order valence-electron chi connectivity index (χ0n) is 11.9. The summed E-state index contributed by atoms with van der Waals surface area (Å²) in [5.74, 6) is -0.813. The van der Waals surface area contributed by atoms with Gasteiger partial charge in [-0.1, -0.05) is 40.2 Å². The van der Waals surface area contributed by atoms with Crippen molar-refractivity contribution < 1.29 is 8.78 Å². The lowest BCUT2D eigenvalue weighted by Crippen LogP contribution is -2.23. The van der Waals surface area contributed by atoms with E-state index >= 15 is 0 Å². The zero-order chi connectivity index (χ0) is 15.2. The van der Waals surface area contributed by atoms with E-state index < -0.39 is 11.6 Å². The number of nitrogens with one attached hydrogen (secondary N) is 1. The maximum Gasteiger partial charge on any atom is 0.129 e. The van der Waals surface area contributed by atoms with Gasteiger partial charge in [0.2, 0.25) is 0 Å². The Kier molecular flexibility index (Phi) is 5.88. The third-order valence-electron chi connectivity index (χ3n) is 3.51. The minimum Gasteiger partial charge on any atom is -0.319 e. The molecular weight excluding hydrogens is 336 g/mol. The molecule has 0 heterocycles. The van der Waals surface area contributed by atoms with Gasteiger partial charge in [0.1, 0.15) is 11.6 Å². The Bertz CT molecular complexity index is 581. The van der Waals surface area contributed by atoms with Crippen LogP contribution in [0.5, 0.6) is 0 Å². The van der Waals surface area contributed by atoms with Gasteiger partial charge in [0.05, 0.1) is 0 Å². The van der Waals surface area contributed by atoms with Crippen molar-refractivity contribution in [2.24, 2.45) is 5.92 Å². The van der Waals surface area contributed by atoms with Crippen LogP contribution in [0.1, 0.15) is 11.1 Å². The molecule has 21 heavy (non-hydrogen) atoms. The third kappa shape index (κ3) is 4.35. The number of hydrogen-bond donors (Lipinski definition) is 1. The Morgan fingerprint density at radius 1 is 1.00 bits per heavy atom. The summed E-state index contributed by atoms with van der Waals surface area (Å²) >= 11 is 3.52. The van der Waals surface area contributed by atoms with E-state index in [9.17, 15) is 8.78 Å². The minimum absolute atomic E-state index is 0.125. The quantitative estimate of drug-likeness (QED) is 0.813.